The van der Waals surface area contributed by atoms with Crippen LogP contribution in [0.1, 0.15) is 28.5 Å². The summed E-state index contributed by atoms with van der Waals surface area (Å²) in [6, 6.07) is 11.4. The SMILES string of the molecule is CCNc1cc(C(=O)NCc2ccccc2Br)cc(C)n1. The van der Waals surface area contributed by atoms with Crippen molar-refractivity contribution < 1.29 is 4.79 Å². The highest BCUT2D eigenvalue weighted by atomic mass is 79.9. The molecule has 110 valence electrons. The Balaban J connectivity index is 2.08. The Kier molecular flexibility index (Phi) is 5.33. The molecular weight excluding hydrogens is 330 g/mol. The minimum Gasteiger partial charge on any atom is -0.370 e. The van der Waals surface area contributed by atoms with Crippen LogP contribution in [0.3, 0.4) is 0 Å². The van der Waals surface area contributed by atoms with Gasteiger partial charge in [0.25, 0.3) is 5.91 Å². The second kappa shape index (κ2) is 7.22. The molecule has 1 amide bonds. The van der Waals surface area contributed by atoms with Crippen molar-refractivity contribution in [1.82, 2.24) is 10.3 Å². The number of aromatic nitrogens is 1. The molecule has 0 unspecified atom stereocenters. The third kappa shape index (κ3) is 4.29. The van der Waals surface area contributed by atoms with E-state index in [1.807, 2.05) is 38.1 Å². The van der Waals surface area contributed by atoms with Gasteiger partial charge in [-0.3, -0.25) is 4.79 Å². The lowest BCUT2D eigenvalue weighted by Gasteiger charge is -2.09. The van der Waals surface area contributed by atoms with Gasteiger partial charge in [0.15, 0.2) is 0 Å². The highest BCUT2D eigenvalue weighted by Gasteiger charge is 2.09. The maximum absolute atomic E-state index is 12.3. The molecule has 0 aliphatic heterocycles. The van der Waals surface area contributed by atoms with E-state index < -0.39 is 0 Å². The summed E-state index contributed by atoms with van der Waals surface area (Å²) in [4.78, 5) is 16.6. The minimum atomic E-state index is -0.101. The normalized spacial score (nSPS) is 10.2. The van der Waals surface area contributed by atoms with Crippen molar-refractivity contribution in [2.24, 2.45) is 0 Å². The first kappa shape index (κ1) is 15.5. The average molecular weight is 348 g/mol. The predicted molar refractivity (Wildman–Crippen MR) is 88.4 cm³/mol. The highest BCUT2D eigenvalue weighted by molar-refractivity contribution is 9.10. The molecule has 21 heavy (non-hydrogen) atoms. The zero-order valence-electron chi connectivity index (χ0n) is 12.1. The summed E-state index contributed by atoms with van der Waals surface area (Å²) in [6.07, 6.45) is 0. The van der Waals surface area contributed by atoms with Crippen LogP contribution in [0.2, 0.25) is 0 Å². The van der Waals surface area contributed by atoms with Crippen LogP contribution >= 0.6 is 15.9 Å². The topological polar surface area (TPSA) is 54.0 Å². The number of hydrogen-bond acceptors (Lipinski definition) is 3. The van der Waals surface area contributed by atoms with Gasteiger partial charge in [-0.15, -0.1) is 0 Å². The van der Waals surface area contributed by atoms with E-state index in [4.69, 9.17) is 0 Å². The zero-order valence-corrected chi connectivity index (χ0v) is 13.7. The van der Waals surface area contributed by atoms with E-state index in [0.717, 1.165) is 28.1 Å². The Hall–Kier alpha value is -1.88. The monoisotopic (exact) mass is 347 g/mol. The molecule has 0 aliphatic carbocycles. The molecule has 1 aromatic heterocycles. The number of amides is 1. The van der Waals surface area contributed by atoms with Crippen molar-refractivity contribution in [3.05, 3.63) is 57.7 Å². The van der Waals surface area contributed by atoms with Crippen LogP contribution in [0.25, 0.3) is 0 Å². The van der Waals surface area contributed by atoms with Crippen molar-refractivity contribution in [3.8, 4) is 0 Å². The van der Waals surface area contributed by atoms with Crippen molar-refractivity contribution in [1.29, 1.82) is 0 Å². The molecule has 5 heteroatoms. The van der Waals surface area contributed by atoms with Gasteiger partial charge in [0.2, 0.25) is 0 Å². The number of hydrogen-bond donors (Lipinski definition) is 2. The van der Waals surface area contributed by atoms with Gasteiger partial charge >= 0.3 is 0 Å². The summed E-state index contributed by atoms with van der Waals surface area (Å²) in [7, 11) is 0. The van der Waals surface area contributed by atoms with Crippen molar-refractivity contribution in [2.45, 2.75) is 20.4 Å². The number of anilines is 1. The first-order valence-corrected chi connectivity index (χ1v) is 7.63. The third-order valence-corrected chi connectivity index (χ3v) is 3.74. The van der Waals surface area contributed by atoms with E-state index in [0.29, 0.717) is 12.1 Å². The Morgan fingerprint density at radius 2 is 2.05 bits per heavy atom. The molecule has 0 radical (unpaired) electrons. The maximum atomic E-state index is 12.3. The predicted octanol–water partition coefficient (Wildman–Crippen LogP) is 3.51. The Bertz CT molecular complexity index is 643. The van der Waals surface area contributed by atoms with E-state index in [9.17, 15) is 4.79 Å². The van der Waals surface area contributed by atoms with E-state index in [2.05, 4.69) is 31.5 Å². The number of halogens is 1. The molecule has 0 fully saturated rings. The van der Waals surface area contributed by atoms with Gasteiger partial charge in [0.05, 0.1) is 0 Å². The molecule has 0 aliphatic rings. The summed E-state index contributed by atoms with van der Waals surface area (Å²) in [5.41, 5.74) is 2.48. The molecule has 2 aromatic rings. The Morgan fingerprint density at radius 3 is 2.76 bits per heavy atom. The lowest BCUT2D eigenvalue weighted by atomic mass is 10.2. The number of nitrogens with zero attached hydrogens (tertiary/aromatic N) is 1. The third-order valence-electron chi connectivity index (χ3n) is 2.97. The molecule has 4 nitrogen and oxygen atoms in total. The van der Waals surface area contributed by atoms with Crippen LogP contribution in [-0.4, -0.2) is 17.4 Å². The fraction of sp³-hybridized carbons (Fsp3) is 0.250. The number of aryl methyl sites for hydroxylation is 1. The van der Waals surface area contributed by atoms with Gasteiger partial charge in [0, 0.05) is 28.8 Å². The number of carbonyl (C=O) groups is 1. The number of benzene rings is 1. The number of carbonyl (C=O) groups excluding carboxylic acids is 1. The lowest BCUT2D eigenvalue weighted by Crippen LogP contribution is -2.23. The fourth-order valence-electron chi connectivity index (χ4n) is 1.99. The van der Waals surface area contributed by atoms with Crippen LogP contribution in [-0.2, 0) is 6.54 Å². The van der Waals surface area contributed by atoms with Crippen LogP contribution < -0.4 is 10.6 Å². The highest BCUT2D eigenvalue weighted by Crippen LogP contribution is 2.16. The van der Waals surface area contributed by atoms with Crippen molar-refractivity contribution >= 4 is 27.7 Å². The lowest BCUT2D eigenvalue weighted by molar-refractivity contribution is 0.0950. The van der Waals surface area contributed by atoms with E-state index in [1.165, 1.54) is 0 Å². The fourth-order valence-corrected chi connectivity index (χ4v) is 2.42. The molecule has 0 spiro atoms. The summed E-state index contributed by atoms with van der Waals surface area (Å²) < 4.78 is 0.990. The van der Waals surface area contributed by atoms with Gasteiger partial charge in [-0.25, -0.2) is 4.98 Å². The second-order valence-electron chi connectivity index (χ2n) is 4.69. The van der Waals surface area contributed by atoms with Crippen LogP contribution in [0.15, 0.2) is 40.9 Å². The van der Waals surface area contributed by atoms with Crippen LogP contribution in [0.5, 0.6) is 0 Å². The largest absolute Gasteiger partial charge is 0.370 e. The minimum absolute atomic E-state index is 0.101. The van der Waals surface area contributed by atoms with Crippen molar-refractivity contribution in [2.75, 3.05) is 11.9 Å². The molecule has 0 saturated carbocycles. The van der Waals surface area contributed by atoms with Gasteiger partial charge in [0.1, 0.15) is 5.82 Å². The Morgan fingerprint density at radius 1 is 1.29 bits per heavy atom. The first-order valence-electron chi connectivity index (χ1n) is 6.84. The molecule has 0 saturated heterocycles. The average Bonchev–Trinajstić information content (AvgIpc) is 2.46. The smallest absolute Gasteiger partial charge is 0.251 e. The van der Waals surface area contributed by atoms with Gasteiger partial charge < -0.3 is 10.6 Å². The molecule has 1 aromatic carbocycles. The summed E-state index contributed by atoms with van der Waals surface area (Å²) >= 11 is 3.48. The number of nitrogens with one attached hydrogen (secondary N) is 2. The van der Waals surface area contributed by atoms with Crippen LogP contribution in [0, 0.1) is 6.92 Å². The maximum Gasteiger partial charge on any atom is 0.251 e. The van der Waals surface area contributed by atoms with E-state index in [-0.39, 0.29) is 5.91 Å². The quantitative estimate of drug-likeness (QED) is 0.869. The van der Waals surface area contributed by atoms with Gasteiger partial charge in [-0.2, -0.15) is 0 Å². The number of rotatable bonds is 5. The molecule has 0 atom stereocenters. The second-order valence-corrected chi connectivity index (χ2v) is 5.54. The summed E-state index contributed by atoms with van der Waals surface area (Å²) in [6.45, 7) is 5.13. The zero-order chi connectivity index (χ0) is 15.2. The molecular formula is C16H18BrN3O. The molecule has 2 N–H and O–H groups in total. The summed E-state index contributed by atoms with van der Waals surface area (Å²) in [5, 5.41) is 6.06. The standard InChI is InChI=1S/C16H18BrN3O/c1-3-18-15-9-13(8-11(2)20-15)16(21)19-10-12-6-4-5-7-14(12)17/h4-9H,3,10H2,1-2H3,(H,18,20)(H,19,21). The molecule has 2 rings (SSSR count). The van der Waals surface area contributed by atoms with Crippen LogP contribution in [0.4, 0.5) is 5.82 Å². The first-order chi connectivity index (χ1) is 10.1. The van der Waals surface area contributed by atoms with Gasteiger partial charge in [-0.05, 0) is 37.6 Å². The van der Waals surface area contributed by atoms with Gasteiger partial charge in [-0.1, -0.05) is 34.1 Å². The molecule has 1 heterocycles. The molecule has 0 bridgehead atoms. The van der Waals surface area contributed by atoms with Crippen molar-refractivity contribution in [3.63, 3.8) is 0 Å². The summed E-state index contributed by atoms with van der Waals surface area (Å²) in [5.74, 6) is 0.624. The van der Waals surface area contributed by atoms with E-state index >= 15 is 0 Å². The Labute approximate surface area is 133 Å². The number of pyridine rings is 1. The van der Waals surface area contributed by atoms with E-state index in [1.54, 1.807) is 12.1 Å².